The maximum atomic E-state index is 9.57. The third-order valence-electron chi connectivity index (χ3n) is 4.24. The molecule has 0 aromatic heterocycles. The minimum atomic E-state index is 0.471. The molecule has 18 heavy (non-hydrogen) atoms. The summed E-state index contributed by atoms with van der Waals surface area (Å²) < 4.78 is 0. The summed E-state index contributed by atoms with van der Waals surface area (Å²) in [6, 6.07) is 0.471. The first-order valence-corrected chi connectivity index (χ1v) is 8.30. The molecule has 108 valence electrons. The van der Waals surface area contributed by atoms with Gasteiger partial charge in [0.2, 0.25) is 0 Å². The van der Waals surface area contributed by atoms with Crippen LogP contribution in [0.15, 0.2) is 0 Å². The van der Waals surface area contributed by atoms with Crippen molar-refractivity contribution in [2.24, 2.45) is 0 Å². The van der Waals surface area contributed by atoms with Crippen molar-refractivity contribution in [2.75, 3.05) is 6.54 Å². The topological polar surface area (TPSA) is 23.5 Å². The maximum absolute atomic E-state index is 9.57. The van der Waals surface area contributed by atoms with Crippen LogP contribution in [0, 0.1) is 0 Å². The van der Waals surface area contributed by atoms with Gasteiger partial charge >= 0.3 is 0 Å². The van der Waals surface area contributed by atoms with E-state index in [0.29, 0.717) is 6.04 Å². The molecule has 1 heterocycles. The Balaban J connectivity index is 1.76. The van der Waals surface area contributed by atoms with E-state index >= 15 is 0 Å². The Labute approximate surface area is 114 Å². The summed E-state index contributed by atoms with van der Waals surface area (Å²) >= 11 is 0. The molecule has 2 heteroatoms. The van der Waals surface area contributed by atoms with Gasteiger partial charge in [-0.1, -0.05) is 71.1 Å². The van der Waals surface area contributed by atoms with Gasteiger partial charge in [-0.2, -0.15) is 5.06 Å². The Kier molecular flexibility index (Phi) is 9.59. The van der Waals surface area contributed by atoms with Crippen molar-refractivity contribution in [1.29, 1.82) is 0 Å². The van der Waals surface area contributed by atoms with Gasteiger partial charge in [-0.3, -0.25) is 0 Å². The molecular weight excluding hydrogens is 222 g/mol. The van der Waals surface area contributed by atoms with Crippen molar-refractivity contribution in [2.45, 2.75) is 96.4 Å². The second kappa shape index (κ2) is 10.8. The van der Waals surface area contributed by atoms with Crippen molar-refractivity contribution >= 4 is 0 Å². The van der Waals surface area contributed by atoms with Crippen LogP contribution in [0.3, 0.4) is 0 Å². The summed E-state index contributed by atoms with van der Waals surface area (Å²) in [6.07, 6.45) is 17.6. The summed E-state index contributed by atoms with van der Waals surface area (Å²) in [6.45, 7) is 3.17. The minimum Gasteiger partial charge on any atom is -0.314 e. The molecule has 0 saturated carbocycles. The Morgan fingerprint density at radius 1 is 0.889 bits per heavy atom. The number of rotatable bonds is 11. The highest BCUT2D eigenvalue weighted by atomic mass is 16.5. The fraction of sp³-hybridized carbons (Fsp3) is 1.00. The minimum absolute atomic E-state index is 0.471. The first kappa shape index (κ1) is 16.0. The second-order valence-corrected chi connectivity index (χ2v) is 5.93. The molecule has 1 aliphatic rings. The highest BCUT2D eigenvalue weighted by molar-refractivity contribution is 4.72. The van der Waals surface area contributed by atoms with Crippen LogP contribution in [0.1, 0.15) is 90.4 Å². The van der Waals surface area contributed by atoms with Gasteiger partial charge in [0, 0.05) is 12.6 Å². The van der Waals surface area contributed by atoms with E-state index in [1.165, 1.54) is 83.5 Å². The summed E-state index contributed by atoms with van der Waals surface area (Å²) in [4.78, 5) is 0. The van der Waals surface area contributed by atoms with E-state index in [4.69, 9.17) is 0 Å². The van der Waals surface area contributed by atoms with Crippen molar-refractivity contribution in [3.63, 3.8) is 0 Å². The molecule has 1 unspecified atom stereocenters. The quantitative estimate of drug-likeness (QED) is 0.516. The second-order valence-electron chi connectivity index (χ2n) is 5.93. The van der Waals surface area contributed by atoms with Gasteiger partial charge in [-0.15, -0.1) is 0 Å². The highest BCUT2D eigenvalue weighted by Gasteiger charge is 2.21. The Hall–Kier alpha value is -0.0800. The molecule has 0 aromatic carbocycles. The zero-order valence-corrected chi connectivity index (χ0v) is 12.4. The zero-order chi connectivity index (χ0) is 13.1. The third kappa shape index (κ3) is 7.38. The number of hydroxylamine groups is 2. The fourth-order valence-electron chi connectivity index (χ4n) is 2.98. The number of nitrogens with zero attached hydrogens (tertiary/aromatic N) is 1. The molecule has 1 saturated heterocycles. The highest BCUT2D eigenvalue weighted by Crippen LogP contribution is 2.20. The van der Waals surface area contributed by atoms with Crippen LogP contribution >= 0.6 is 0 Å². The van der Waals surface area contributed by atoms with Crippen LogP contribution in [0.5, 0.6) is 0 Å². The number of hydrogen-bond donors (Lipinski definition) is 1. The molecular formula is C16H33NO. The van der Waals surface area contributed by atoms with Crippen LogP contribution in [-0.4, -0.2) is 22.9 Å². The molecule has 0 aliphatic carbocycles. The molecule has 1 rings (SSSR count). The molecule has 0 radical (unpaired) electrons. The average Bonchev–Trinajstić information content (AvgIpc) is 2.77. The van der Waals surface area contributed by atoms with Gasteiger partial charge in [-0.25, -0.2) is 0 Å². The molecule has 1 N–H and O–H groups in total. The van der Waals surface area contributed by atoms with E-state index in [9.17, 15) is 5.21 Å². The standard InChI is InChI=1S/C16H33NO/c1-2-3-4-5-6-7-8-9-10-11-13-16-14-12-15-17(16)18/h16,18H,2-15H2,1H3. The molecule has 2 nitrogen and oxygen atoms in total. The number of hydrogen-bond acceptors (Lipinski definition) is 2. The summed E-state index contributed by atoms with van der Waals surface area (Å²) in [5.41, 5.74) is 0. The van der Waals surface area contributed by atoms with E-state index in [1.807, 2.05) is 0 Å². The van der Waals surface area contributed by atoms with Crippen LogP contribution in [0.4, 0.5) is 0 Å². The molecule has 0 bridgehead atoms. The lowest BCUT2D eigenvalue weighted by atomic mass is 10.0. The largest absolute Gasteiger partial charge is 0.314 e. The van der Waals surface area contributed by atoms with Crippen molar-refractivity contribution < 1.29 is 5.21 Å². The van der Waals surface area contributed by atoms with Crippen molar-refractivity contribution in [1.82, 2.24) is 5.06 Å². The van der Waals surface area contributed by atoms with Gasteiger partial charge in [0.05, 0.1) is 0 Å². The Morgan fingerprint density at radius 3 is 1.94 bits per heavy atom. The SMILES string of the molecule is CCCCCCCCCCCCC1CCCN1O. The lowest BCUT2D eigenvalue weighted by Gasteiger charge is -2.16. The Bertz CT molecular complexity index is 184. The van der Waals surface area contributed by atoms with Crippen LogP contribution in [-0.2, 0) is 0 Å². The molecule has 1 aliphatic heterocycles. The summed E-state index contributed by atoms with van der Waals surface area (Å²) in [7, 11) is 0. The normalized spacial score (nSPS) is 20.7. The van der Waals surface area contributed by atoms with E-state index in [1.54, 1.807) is 5.06 Å². The van der Waals surface area contributed by atoms with Crippen LogP contribution < -0.4 is 0 Å². The van der Waals surface area contributed by atoms with E-state index in [-0.39, 0.29) is 0 Å². The lowest BCUT2D eigenvalue weighted by Crippen LogP contribution is -2.25. The fourth-order valence-corrected chi connectivity index (χ4v) is 2.98. The smallest absolute Gasteiger partial charge is 0.0350 e. The van der Waals surface area contributed by atoms with Crippen molar-refractivity contribution in [3.05, 3.63) is 0 Å². The first-order valence-electron chi connectivity index (χ1n) is 8.30. The molecule has 0 aromatic rings. The van der Waals surface area contributed by atoms with Crippen LogP contribution in [0.2, 0.25) is 0 Å². The van der Waals surface area contributed by atoms with E-state index < -0.39 is 0 Å². The predicted molar refractivity (Wildman–Crippen MR) is 78.0 cm³/mol. The van der Waals surface area contributed by atoms with Crippen LogP contribution in [0.25, 0.3) is 0 Å². The van der Waals surface area contributed by atoms with E-state index in [0.717, 1.165) is 6.54 Å². The van der Waals surface area contributed by atoms with Gasteiger partial charge in [-0.05, 0) is 19.3 Å². The van der Waals surface area contributed by atoms with Gasteiger partial charge in [0.1, 0.15) is 0 Å². The first-order chi connectivity index (χ1) is 8.84. The molecule has 0 spiro atoms. The Morgan fingerprint density at radius 2 is 1.44 bits per heavy atom. The summed E-state index contributed by atoms with van der Waals surface area (Å²) in [5, 5.41) is 11.1. The third-order valence-corrected chi connectivity index (χ3v) is 4.24. The predicted octanol–water partition coefficient (Wildman–Crippen LogP) is 5.15. The van der Waals surface area contributed by atoms with Gasteiger partial charge in [0.15, 0.2) is 0 Å². The molecule has 0 amide bonds. The zero-order valence-electron chi connectivity index (χ0n) is 12.4. The maximum Gasteiger partial charge on any atom is 0.0350 e. The van der Waals surface area contributed by atoms with Gasteiger partial charge in [0.25, 0.3) is 0 Å². The lowest BCUT2D eigenvalue weighted by molar-refractivity contribution is -0.104. The number of unbranched alkanes of at least 4 members (excludes halogenated alkanes) is 9. The molecule has 1 atom stereocenters. The van der Waals surface area contributed by atoms with Crippen molar-refractivity contribution in [3.8, 4) is 0 Å². The molecule has 1 fully saturated rings. The monoisotopic (exact) mass is 255 g/mol. The average molecular weight is 255 g/mol. The summed E-state index contributed by atoms with van der Waals surface area (Å²) in [5.74, 6) is 0. The van der Waals surface area contributed by atoms with E-state index in [2.05, 4.69) is 6.92 Å². The van der Waals surface area contributed by atoms with Gasteiger partial charge < -0.3 is 5.21 Å².